The number of carbonyl (C=O) groups excluding carboxylic acids is 2. The van der Waals surface area contributed by atoms with Crippen LogP contribution in [0, 0.1) is 5.92 Å². The van der Waals surface area contributed by atoms with Crippen LogP contribution in [0.3, 0.4) is 0 Å². The van der Waals surface area contributed by atoms with Gasteiger partial charge < -0.3 is 10.4 Å². The Morgan fingerprint density at radius 3 is 2.62 bits per heavy atom. The van der Waals surface area contributed by atoms with E-state index < -0.39 is 27.6 Å². The predicted molar refractivity (Wildman–Crippen MR) is 56.9 cm³/mol. The number of β-lactam (4-membered cyclic amide) rings is 1. The van der Waals surface area contributed by atoms with Crippen molar-refractivity contribution >= 4 is 46.6 Å². The first-order valence-electron chi connectivity index (χ1n) is 4.25. The average Bonchev–Trinajstić information content (AvgIpc) is 2.11. The molecule has 1 fully saturated rings. The number of halogens is 3. The second-order valence-electron chi connectivity index (χ2n) is 3.15. The van der Waals surface area contributed by atoms with Crippen molar-refractivity contribution in [3.8, 4) is 0 Å². The number of aliphatic hydroxyl groups is 1. The van der Waals surface area contributed by atoms with Crippen molar-refractivity contribution in [1.82, 2.24) is 10.8 Å². The zero-order valence-electron chi connectivity index (χ0n) is 7.87. The van der Waals surface area contributed by atoms with Gasteiger partial charge in [-0.3, -0.25) is 14.4 Å². The van der Waals surface area contributed by atoms with Gasteiger partial charge in [0.2, 0.25) is 9.70 Å². The van der Waals surface area contributed by atoms with Crippen LogP contribution in [0.5, 0.6) is 0 Å². The third kappa shape index (κ3) is 3.64. The Morgan fingerprint density at radius 1 is 1.56 bits per heavy atom. The largest absolute Gasteiger partial charge is 0.394 e. The molecule has 0 aromatic heterocycles. The third-order valence-corrected chi connectivity index (χ3v) is 2.23. The van der Waals surface area contributed by atoms with Crippen LogP contribution in [-0.2, 0) is 14.4 Å². The lowest BCUT2D eigenvalue weighted by atomic mass is 9.90. The molecular weight excluding hydrogens is 282 g/mol. The fourth-order valence-electron chi connectivity index (χ4n) is 1.15. The van der Waals surface area contributed by atoms with Gasteiger partial charge in [-0.15, -0.1) is 0 Å². The number of carbonyl (C=O) groups is 2. The summed E-state index contributed by atoms with van der Waals surface area (Å²) in [6.07, 6.45) is 0. The minimum Gasteiger partial charge on any atom is -0.394 e. The van der Waals surface area contributed by atoms with Crippen LogP contribution in [-0.4, -0.2) is 40.0 Å². The van der Waals surface area contributed by atoms with Gasteiger partial charge in [0.25, 0.3) is 5.91 Å². The lowest BCUT2D eigenvalue weighted by molar-refractivity contribution is -0.152. The van der Waals surface area contributed by atoms with Crippen molar-refractivity contribution in [2.24, 2.45) is 5.92 Å². The minimum atomic E-state index is -1.65. The molecule has 1 aliphatic heterocycles. The first-order valence-corrected chi connectivity index (χ1v) is 5.38. The topological polar surface area (TPSA) is 87.7 Å². The van der Waals surface area contributed by atoms with Gasteiger partial charge in [-0.05, 0) is 0 Å². The Morgan fingerprint density at radius 2 is 2.19 bits per heavy atom. The van der Waals surface area contributed by atoms with E-state index in [4.69, 9.17) is 39.9 Å². The summed E-state index contributed by atoms with van der Waals surface area (Å²) >= 11 is 16.1. The lowest BCUT2D eigenvalue weighted by Crippen LogP contribution is -2.64. The molecule has 0 saturated carbocycles. The molecule has 0 aliphatic carbocycles. The highest BCUT2D eigenvalue weighted by Gasteiger charge is 2.44. The summed E-state index contributed by atoms with van der Waals surface area (Å²) in [5.41, 5.74) is 1.97. The normalized spacial score (nSPS) is 24.6. The van der Waals surface area contributed by atoms with Crippen molar-refractivity contribution in [2.45, 2.75) is 9.83 Å². The van der Waals surface area contributed by atoms with E-state index in [9.17, 15) is 9.59 Å². The zero-order valence-corrected chi connectivity index (χ0v) is 10.1. The summed E-state index contributed by atoms with van der Waals surface area (Å²) in [4.78, 5) is 26.9. The van der Waals surface area contributed by atoms with Gasteiger partial charge in [0.1, 0.15) is 12.5 Å². The highest BCUT2D eigenvalue weighted by atomic mass is 35.6. The van der Waals surface area contributed by atoms with Crippen molar-refractivity contribution in [1.29, 1.82) is 0 Å². The van der Waals surface area contributed by atoms with Crippen LogP contribution in [0.4, 0.5) is 0 Å². The van der Waals surface area contributed by atoms with Crippen LogP contribution in [0.2, 0.25) is 0 Å². The molecule has 0 radical (unpaired) electrons. The van der Waals surface area contributed by atoms with Gasteiger partial charge in [-0.1, -0.05) is 34.8 Å². The molecule has 9 heteroatoms. The van der Waals surface area contributed by atoms with E-state index in [1.165, 1.54) is 0 Å². The number of rotatable bonds is 4. The number of hydrogen-bond donors (Lipinski definition) is 3. The summed E-state index contributed by atoms with van der Waals surface area (Å²) in [6, 6.07) is -0.594. The molecule has 0 bridgehead atoms. The minimum absolute atomic E-state index is 0.325. The van der Waals surface area contributed by atoms with E-state index in [1.54, 1.807) is 0 Å². The predicted octanol–water partition coefficient (Wildman–Crippen LogP) is -0.489. The van der Waals surface area contributed by atoms with Gasteiger partial charge in [0, 0.05) is 0 Å². The molecule has 2 unspecified atom stereocenters. The fourth-order valence-corrected chi connectivity index (χ4v) is 1.31. The maximum absolute atomic E-state index is 11.4. The SMILES string of the molecule is O=C(NOCC(Cl)(Cl)Cl)C1C(=O)NC1CO. The molecule has 0 spiro atoms. The summed E-state index contributed by atoms with van der Waals surface area (Å²) in [5, 5.41) is 11.1. The summed E-state index contributed by atoms with van der Waals surface area (Å²) < 4.78 is -1.65. The standard InChI is InChI=1S/C7H9Cl3N2O4/c8-7(9,10)2-16-12-6(15)4-3(1-13)11-5(4)14/h3-4,13H,1-2H2,(H,11,14)(H,12,15). The maximum Gasteiger partial charge on any atom is 0.258 e. The van der Waals surface area contributed by atoms with E-state index >= 15 is 0 Å². The van der Waals surface area contributed by atoms with Gasteiger partial charge in [-0.2, -0.15) is 0 Å². The van der Waals surface area contributed by atoms with E-state index in [1.807, 2.05) is 5.48 Å². The number of hydrogen-bond acceptors (Lipinski definition) is 4. The van der Waals surface area contributed by atoms with Crippen molar-refractivity contribution in [3.63, 3.8) is 0 Å². The first kappa shape index (κ1) is 13.8. The van der Waals surface area contributed by atoms with Crippen molar-refractivity contribution in [2.75, 3.05) is 13.2 Å². The number of aliphatic hydroxyl groups excluding tert-OH is 1. The van der Waals surface area contributed by atoms with Crippen LogP contribution in [0.15, 0.2) is 0 Å². The second kappa shape index (κ2) is 5.37. The van der Waals surface area contributed by atoms with Gasteiger partial charge in [-0.25, -0.2) is 5.48 Å². The Kier molecular flexibility index (Phi) is 4.63. The third-order valence-electron chi connectivity index (χ3n) is 1.90. The van der Waals surface area contributed by atoms with E-state index in [-0.39, 0.29) is 13.2 Å². The Hall–Kier alpha value is -0.270. The molecule has 16 heavy (non-hydrogen) atoms. The van der Waals surface area contributed by atoms with Gasteiger partial charge >= 0.3 is 0 Å². The van der Waals surface area contributed by atoms with Crippen molar-refractivity contribution < 1.29 is 19.5 Å². The Bertz CT molecular complexity index is 294. The summed E-state index contributed by atoms with van der Waals surface area (Å²) in [6.45, 7) is -0.671. The fraction of sp³-hybridized carbons (Fsp3) is 0.714. The van der Waals surface area contributed by atoms with Crippen LogP contribution >= 0.6 is 34.8 Å². The molecule has 2 amide bonds. The molecule has 1 aliphatic rings. The van der Waals surface area contributed by atoms with Crippen molar-refractivity contribution in [3.05, 3.63) is 0 Å². The molecule has 92 valence electrons. The molecule has 6 nitrogen and oxygen atoms in total. The molecule has 3 N–H and O–H groups in total. The van der Waals surface area contributed by atoms with Crippen LogP contribution < -0.4 is 10.8 Å². The Balaban J connectivity index is 2.33. The molecule has 0 aromatic rings. The molecule has 1 saturated heterocycles. The van der Waals surface area contributed by atoms with E-state index in [0.29, 0.717) is 0 Å². The zero-order chi connectivity index (χ0) is 12.3. The summed E-state index contributed by atoms with van der Waals surface area (Å²) in [5.74, 6) is -2.13. The second-order valence-corrected chi connectivity index (χ2v) is 5.66. The quantitative estimate of drug-likeness (QED) is 0.282. The molecule has 1 heterocycles. The molecule has 1 rings (SSSR count). The highest BCUT2D eigenvalue weighted by Crippen LogP contribution is 2.25. The maximum atomic E-state index is 11.4. The van der Waals surface area contributed by atoms with E-state index in [0.717, 1.165) is 0 Å². The molecule has 0 aromatic carbocycles. The number of nitrogens with one attached hydrogen (secondary N) is 2. The van der Waals surface area contributed by atoms with E-state index in [2.05, 4.69) is 10.2 Å². The summed E-state index contributed by atoms with van der Waals surface area (Å²) in [7, 11) is 0. The smallest absolute Gasteiger partial charge is 0.258 e. The van der Waals surface area contributed by atoms with Crippen LogP contribution in [0.25, 0.3) is 0 Å². The number of amides is 2. The highest BCUT2D eigenvalue weighted by molar-refractivity contribution is 6.67. The first-order chi connectivity index (χ1) is 7.35. The lowest BCUT2D eigenvalue weighted by Gasteiger charge is -2.33. The van der Waals surface area contributed by atoms with Gasteiger partial charge in [0.15, 0.2) is 0 Å². The molecule has 2 atom stereocenters. The Labute approximate surface area is 106 Å². The monoisotopic (exact) mass is 290 g/mol. The van der Waals surface area contributed by atoms with Gasteiger partial charge in [0.05, 0.1) is 12.6 Å². The molecular formula is C7H9Cl3N2O4. The number of hydroxylamine groups is 1. The average molecular weight is 292 g/mol. The number of alkyl halides is 3. The van der Waals surface area contributed by atoms with Crippen LogP contribution in [0.1, 0.15) is 0 Å².